The molecule has 0 aliphatic heterocycles. The van der Waals surface area contributed by atoms with Gasteiger partial charge in [-0.25, -0.2) is 4.79 Å². The van der Waals surface area contributed by atoms with Gasteiger partial charge in [0.25, 0.3) is 0 Å². The zero-order valence-electron chi connectivity index (χ0n) is 11.5. The molecule has 0 radical (unpaired) electrons. The van der Waals surface area contributed by atoms with Gasteiger partial charge in [-0.15, -0.1) is 0 Å². The molecule has 0 aromatic rings. The van der Waals surface area contributed by atoms with Gasteiger partial charge in [0.1, 0.15) is 5.60 Å². The van der Waals surface area contributed by atoms with Crippen LogP contribution in [0.25, 0.3) is 0 Å². The Morgan fingerprint density at radius 1 is 1.41 bits per heavy atom. The number of nitrogens with two attached hydrogens (primary N) is 1. The van der Waals surface area contributed by atoms with Crippen LogP contribution >= 0.6 is 0 Å². The van der Waals surface area contributed by atoms with Crippen LogP contribution in [0, 0.1) is 11.8 Å². The quantitative estimate of drug-likeness (QED) is 0.780. The summed E-state index contributed by atoms with van der Waals surface area (Å²) < 4.78 is 5.27. The van der Waals surface area contributed by atoms with Crippen molar-refractivity contribution in [3.05, 3.63) is 0 Å². The van der Waals surface area contributed by atoms with Crippen LogP contribution < -0.4 is 11.1 Å². The summed E-state index contributed by atoms with van der Waals surface area (Å²) >= 11 is 0. The normalized spacial score (nSPS) is 29.8. The minimum Gasteiger partial charge on any atom is -0.444 e. The van der Waals surface area contributed by atoms with Crippen LogP contribution in [-0.4, -0.2) is 24.3 Å². The van der Waals surface area contributed by atoms with Gasteiger partial charge in [0.15, 0.2) is 0 Å². The van der Waals surface area contributed by atoms with Crippen molar-refractivity contribution >= 4 is 6.09 Å². The maximum Gasteiger partial charge on any atom is 0.407 e. The predicted octanol–water partition coefficient (Wildman–Crippen LogP) is 2.27. The van der Waals surface area contributed by atoms with E-state index >= 15 is 0 Å². The number of hydrogen-bond acceptors (Lipinski definition) is 3. The van der Waals surface area contributed by atoms with Crippen LogP contribution in [0.3, 0.4) is 0 Å². The molecule has 3 unspecified atom stereocenters. The van der Waals surface area contributed by atoms with E-state index in [1.54, 1.807) is 0 Å². The van der Waals surface area contributed by atoms with Gasteiger partial charge in [-0.05, 0) is 58.4 Å². The zero-order chi connectivity index (χ0) is 13.1. The molecule has 3 N–H and O–H groups in total. The number of hydrogen-bond donors (Lipinski definition) is 2. The predicted molar refractivity (Wildman–Crippen MR) is 68.7 cm³/mol. The first-order valence-electron chi connectivity index (χ1n) is 6.51. The molecular weight excluding hydrogens is 216 g/mol. The third kappa shape index (κ3) is 4.94. The zero-order valence-corrected chi connectivity index (χ0v) is 11.5. The third-order valence-corrected chi connectivity index (χ3v) is 3.25. The van der Waals surface area contributed by atoms with Crippen LogP contribution in [0.4, 0.5) is 4.79 Å². The molecule has 0 heterocycles. The van der Waals surface area contributed by atoms with E-state index in [2.05, 4.69) is 12.2 Å². The second kappa shape index (κ2) is 5.71. The molecule has 1 rings (SSSR count). The average Bonchev–Trinajstić information content (AvgIpc) is 2.17. The molecule has 1 aliphatic rings. The summed E-state index contributed by atoms with van der Waals surface area (Å²) in [5, 5.41) is 2.96. The molecule has 0 aromatic heterocycles. The highest BCUT2D eigenvalue weighted by Crippen LogP contribution is 2.28. The Balaban J connectivity index is 2.47. The number of ether oxygens (including phenoxy) is 1. The Kier molecular flexibility index (Phi) is 4.80. The summed E-state index contributed by atoms with van der Waals surface area (Å²) in [6, 6.07) is 0.172. The van der Waals surface area contributed by atoms with E-state index in [0.717, 1.165) is 19.3 Å². The fraction of sp³-hybridized carbons (Fsp3) is 0.923. The van der Waals surface area contributed by atoms with Crippen molar-refractivity contribution in [3.63, 3.8) is 0 Å². The van der Waals surface area contributed by atoms with E-state index in [4.69, 9.17) is 10.5 Å². The van der Waals surface area contributed by atoms with Crippen molar-refractivity contribution in [2.75, 3.05) is 6.54 Å². The van der Waals surface area contributed by atoms with Crippen LogP contribution in [-0.2, 0) is 4.74 Å². The maximum absolute atomic E-state index is 11.7. The van der Waals surface area contributed by atoms with Crippen molar-refractivity contribution in [1.82, 2.24) is 5.32 Å². The lowest BCUT2D eigenvalue weighted by Crippen LogP contribution is -2.47. The number of rotatable bonds is 2. The minimum absolute atomic E-state index is 0.172. The second-order valence-corrected chi connectivity index (χ2v) is 6.17. The van der Waals surface area contributed by atoms with E-state index in [0.29, 0.717) is 18.4 Å². The van der Waals surface area contributed by atoms with Crippen LogP contribution in [0.1, 0.15) is 47.0 Å². The lowest BCUT2D eigenvalue weighted by molar-refractivity contribution is 0.0461. The Labute approximate surface area is 104 Å². The smallest absolute Gasteiger partial charge is 0.407 e. The molecule has 1 fully saturated rings. The fourth-order valence-corrected chi connectivity index (χ4v) is 2.41. The Bertz CT molecular complexity index is 261. The number of carbonyl (C=O) groups excluding carboxylic acids is 1. The van der Waals surface area contributed by atoms with Gasteiger partial charge < -0.3 is 15.8 Å². The first-order valence-corrected chi connectivity index (χ1v) is 6.51. The number of amides is 1. The molecule has 4 heteroatoms. The van der Waals surface area contributed by atoms with E-state index < -0.39 is 5.60 Å². The van der Waals surface area contributed by atoms with E-state index in [-0.39, 0.29) is 12.1 Å². The number of nitrogens with one attached hydrogen (secondary N) is 1. The lowest BCUT2D eigenvalue weighted by Gasteiger charge is -2.35. The summed E-state index contributed by atoms with van der Waals surface area (Å²) in [7, 11) is 0. The molecule has 4 nitrogen and oxygen atoms in total. The van der Waals surface area contributed by atoms with Gasteiger partial charge in [-0.3, -0.25) is 0 Å². The van der Waals surface area contributed by atoms with Gasteiger partial charge in [0.2, 0.25) is 0 Å². The molecule has 0 spiro atoms. The Morgan fingerprint density at radius 2 is 2.06 bits per heavy atom. The van der Waals surface area contributed by atoms with E-state index in [1.807, 2.05) is 20.8 Å². The van der Waals surface area contributed by atoms with Gasteiger partial charge in [0, 0.05) is 6.04 Å². The maximum atomic E-state index is 11.7. The minimum atomic E-state index is -0.440. The molecule has 3 atom stereocenters. The van der Waals surface area contributed by atoms with Crippen LogP contribution in [0.15, 0.2) is 0 Å². The lowest BCUT2D eigenvalue weighted by atomic mass is 9.79. The molecule has 17 heavy (non-hydrogen) atoms. The highest BCUT2D eigenvalue weighted by Gasteiger charge is 2.30. The Morgan fingerprint density at radius 3 is 2.59 bits per heavy atom. The van der Waals surface area contributed by atoms with Gasteiger partial charge in [-0.1, -0.05) is 6.92 Å². The monoisotopic (exact) mass is 242 g/mol. The average molecular weight is 242 g/mol. The van der Waals surface area contributed by atoms with Crippen molar-refractivity contribution in [1.29, 1.82) is 0 Å². The number of carbonyl (C=O) groups is 1. The van der Waals surface area contributed by atoms with Gasteiger partial charge in [0.05, 0.1) is 0 Å². The first kappa shape index (κ1) is 14.3. The highest BCUT2D eigenvalue weighted by atomic mass is 16.6. The van der Waals surface area contributed by atoms with Crippen LogP contribution in [0.2, 0.25) is 0 Å². The first-order chi connectivity index (χ1) is 7.81. The summed E-state index contributed by atoms with van der Waals surface area (Å²) in [4.78, 5) is 11.7. The second-order valence-electron chi connectivity index (χ2n) is 6.17. The summed E-state index contributed by atoms with van der Waals surface area (Å²) in [6.45, 7) is 8.49. The van der Waals surface area contributed by atoms with Crippen molar-refractivity contribution in [3.8, 4) is 0 Å². The standard InChI is InChI=1S/C13H26N2O2/c1-9-5-6-11(10(7-9)8-14)15-12(16)17-13(2,3)4/h9-11H,5-8,14H2,1-4H3,(H,15,16). The molecule has 0 bridgehead atoms. The molecule has 100 valence electrons. The summed E-state index contributed by atoms with van der Waals surface area (Å²) in [5.74, 6) is 1.09. The summed E-state index contributed by atoms with van der Waals surface area (Å²) in [6.07, 6.45) is 2.92. The molecule has 0 aromatic carbocycles. The Hall–Kier alpha value is -0.770. The molecule has 1 saturated carbocycles. The van der Waals surface area contributed by atoms with Crippen molar-refractivity contribution in [2.24, 2.45) is 17.6 Å². The molecule has 1 aliphatic carbocycles. The summed E-state index contributed by atoms with van der Waals surface area (Å²) in [5.41, 5.74) is 5.33. The number of alkyl carbamates (subject to hydrolysis) is 1. The van der Waals surface area contributed by atoms with Crippen molar-refractivity contribution in [2.45, 2.75) is 58.6 Å². The van der Waals surface area contributed by atoms with Crippen LogP contribution in [0.5, 0.6) is 0 Å². The van der Waals surface area contributed by atoms with E-state index in [9.17, 15) is 4.79 Å². The third-order valence-electron chi connectivity index (χ3n) is 3.25. The largest absolute Gasteiger partial charge is 0.444 e. The van der Waals surface area contributed by atoms with Gasteiger partial charge in [-0.2, -0.15) is 0 Å². The van der Waals surface area contributed by atoms with Crippen molar-refractivity contribution < 1.29 is 9.53 Å². The van der Waals surface area contributed by atoms with Gasteiger partial charge >= 0.3 is 6.09 Å². The fourth-order valence-electron chi connectivity index (χ4n) is 2.41. The molecule has 1 amide bonds. The SMILES string of the molecule is CC1CCC(NC(=O)OC(C)(C)C)C(CN)C1. The highest BCUT2D eigenvalue weighted by molar-refractivity contribution is 5.68. The molecule has 0 saturated heterocycles. The van der Waals surface area contributed by atoms with E-state index in [1.165, 1.54) is 0 Å². The molecular formula is C13H26N2O2. The topological polar surface area (TPSA) is 64.3 Å².